The highest BCUT2D eigenvalue weighted by molar-refractivity contribution is 5.79. The Kier molecular flexibility index (Phi) is 3.01. The first kappa shape index (κ1) is 8.45. The van der Waals surface area contributed by atoms with Crippen LogP contribution in [-0.4, -0.2) is 25.8 Å². The fourth-order valence-corrected chi connectivity index (χ4v) is 0.739. The lowest BCUT2D eigenvalue weighted by atomic mass is 10.4. The van der Waals surface area contributed by atoms with Gasteiger partial charge in [0.05, 0.1) is 0 Å². The van der Waals surface area contributed by atoms with Crippen molar-refractivity contribution in [1.29, 1.82) is 0 Å². The van der Waals surface area contributed by atoms with Crippen molar-refractivity contribution in [3.05, 3.63) is 24.8 Å². The van der Waals surface area contributed by atoms with Crippen LogP contribution in [0.4, 0.5) is 0 Å². The van der Waals surface area contributed by atoms with Crippen LogP contribution in [0.3, 0.4) is 0 Å². The van der Waals surface area contributed by atoms with E-state index in [0.29, 0.717) is 13.0 Å². The number of aryl methyl sites for hydroxylation is 1. The molecule has 5 nitrogen and oxygen atoms in total. The Morgan fingerprint density at radius 3 is 3.08 bits per heavy atom. The van der Waals surface area contributed by atoms with Gasteiger partial charge in [-0.25, -0.2) is 9.78 Å². The van der Waals surface area contributed by atoms with Gasteiger partial charge in [-0.3, -0.25) is 4.68 Å². The summed E-state index contributed by atoms with van der Waals surface area (Å²) in [5.74, 6) is -0.923. The highest BCUT2D eigenvalue weighted by Crippen LogP contribution is 1.88. The van der Waals surface area contributed by atoms with Gasteiger partial charge in [-0.15, -0.1) is 0 Å². The summed E-state index contributed by atoms with van der Waals surface area (Å²) in [6.07, 6.45) is 6.39. The van der Waals surface area contributed by atoms with Crippen molar-refractivity contribution in [3.8, 4) is 0 Å². The van der Waals surface area contributed by atoms with Gasteiger partial charge >= 0.3 is 5.97 Å². The lowest BCUT2D eigenvalue weighted by Gasteiger charge is -1.93. The molecule has 0 radical (unpaired) electrons. The molecule has 0 fully saturated rings. The van der Waals surface area contributed by atoms with Crippen LogP contribution in [0.15, 0.2) is 24.8 Å². The Morgan fingerprint density at radius 1 is 1.67 bits per heavy atom. The van der Waals surface area contributed by atoms with E-state index in [1.54, 1.807) is 17.1 Å². The smallest absolute Gasteiger partial charge is 0.327 e. The fraction of sp³-hybridized carbons (Fsp3) is 0.286. The second kappa shape index (κ2) is 4.27. The second-order valence-corrected chi connectivity index (χ2v) is 2.19. The minimum Gasteiger partial charge on any atom is -0.478 e. The highest BCUT2D eigenvalue weighted by atomic mass is 16.4. The van der Waals surface area contributed by atoms with E-state index in [1.807, 2.05) is 0 Å². The number of nitrogens with zero attached hydrogens (tertiary/aromatic N) is 3. The molecule has 0 saturated heterocycles. The minimum atomic E-state index is -0.923. The predicted molar refractivity (Wildman–Crippen MR) is 41.4 cm³/mol. The SMILES string of the molecule is O=C(O)/C=C/CCn1cncn1. The zero-order chi connectivity index (χ0) is 8.81. The predicted octanol–water partition coefficient (Wildman–Crippen LogP) is 0.309. The number of allylic oxidation sites excluding steroid dienone is 1. The molecule has 0 aliphatic heterocycles. The summed E-state index contributed by atoms with van der Waals surface area (Å²) < 4.78 is 1.65. The zero-order valence-electron chi connectivity index (χ0n) is 6.42. The molecule has 0 aliphatic rings. The van der Waals surface area contributed by atoms with Crippen molar-refractivity contribution in [2.24, 2.45) is 0 Å². The summed E-state index contributed by atoms with van der Waals surface area (Å²) >= 11 is 0. The minimum absolute atomic E-state index is 0.648. The molecule has 1 rings (SSSR count). The Labute approximate surface area is 69.3 Å². The lowest BCUT2D eigenvalue weighted by Crippen LogP contribution is -1.96. The summed E-state index contributed by atoms with van der Waals surface area (Å²) in [5.41, 5.74) is 0. The van der Waals surface area contributed by atoms with Gasteiger partial charge in [0.15, 0.2) is 0 Å². The standard InChI is InChI=1S/C7H9N3O2/c11-7(12)3-1-2-4-10-6-8-5-9-10/h1,3,5-6H,2,4H2,(H,11,12)/b3-1+. The first-order chi connectivity index (χ1) is 5.79. The van der Waals surface area contributed by atoms with Crippen LogP contribution >= 0.6 is 0 Å². The van der Waals surface area contributed by atoms with Crippen molar-refractivity contribution >= 4 is 5.97 Å². The maximum atomic E-state index is 10.0. The molecule has 0 aromatic carbocycles. The largest absolute Gasteiger partial charge is 0.478 e. The average molecular weight is 167 g/mol. The highest BCUT2D eigenvalue weighted by Gasteiger charge is 1.88. The molecule has 1 aromatic rings. The molecule has 5 heteroatoms. The van der Waals surface area contributed by atoms with Gasteiger partial charge < -0.3 is 5.11 Å². The topological polar surface area (TPSA) is 68.0 Å². The van der Waals surface area contributed by atoms with Crippen LogP contribution in [0.1, 0.15) is 6.42 Å². The third-order valence-corrected chi connectivity index (χ3v) is 1.25. The number of aliphatic carboxylic acids is 1. The van der Waals surface area contributed by atoms with Crippen LogP contribution in [0.2, 0.25) is 0 Å². The molecule has 64 valence electrons. The van der Waals surface area contributed by atoms with E-state index in [-0.39, 0.29) is 0 Å². The molecule has 0 unspecified atom stereocenters. The number of carbonyl (C=O) groups is 1. The summed E-state index contributed by atoms with van der Waals surface area (Å²) in [7, 11) is 0. The van der Waals surface area contributed by atoms with Gasteiger partial charge in [0, 0.05) is 12.6 Å². The Bertz CT molecular complexity index is 266. The van der Waals surface area contributed by atoms with Crippen molar-refractivity contribution in [1.82, 2.24) is 14.8 Å². The lowest BCUT2D eigenvalue weighted by molar-refractivity contribution is -0.131. The first-order valence-corrected chi connectivity index (χ1v) is 3.51. The molecule has 0 aliphatic carbocycles. The van der Waals surface area contributed by atoms with Crippen LogP contribution in [-0.2, 0) is 11.3 Å². The Morgan fingerprint density at radius 2 is 2.50 bits per heavy atom. The van der Waals surface area contributed by atoms with Crippen molar-refractivity contribution in [2.75, 3.05) is 0 Å². The molecular weight excluding hydrogens is 158 g/mol. The summed E-state index contributed by atoms with van der Waals surface area (Å²) in [6, 6.07) is 0. The maximum Gasteiger partial charge on any atom is 0.327 e. The molecule has 1 aromatic heterocycles. The quantitative estimate of drug-likeness (QED) is 0.655. The van der Waals surface area contributed by atoms with Gasteiger partial charge in [-0.05, 0) is 6.42 Å². The van der Waals surface area contributed by atoms with E-state index in [1.165, 1.54) is 6.33 Å². The van der Waals surface area contributed by atoms with Crippen LogP contribution < -0.4 is 0 Å². The average Bonchev–Trinajstić information content (AvgIpc) is 2.49. The fourth-order valence-electron chi connectivity index (χ4n) is 0.739. The molecule has 12 heavy (non-hydrogen) atoms. The monoisotopic (exact) mass is 167 g/mol. The second-order valence-electron chi connectivity index (χ2n) is 2.19. The van der Waals surface area contributed by atoms with Crippen LogP contribution in [0, 0.1) is 0 Å². The third-order valence-electron chi connectivity index (χ3n) is 1.25. The molecule has 1 N–H and O–H groups in total. The summed E-state index contributed by atoms with van der Waals surface area (Å²) in [5, 5.41) is 12.1. The van der Waals surface area contributed by atoms with Gasteiger partial charge in [-0.1, -0.05) is 6.08 Å². The molecule has 0 saturated carbocycles. The molecular formula is C7H9N3O2. The third kappa shape index (κ3) is 2.96. The van der Waals surface area contributed by atoms with E-state index in [0.717, 1.165) is 6.08 Å². The van der Waals surface area contributed by atoms with Gasteiger partial charge in [0.25, 0.3) is 0 Å². The molecule has 0 spiro atoms. The van der Waals surface area contributed by atoms with E-state index in [2.05, 4.69) is 10.1 Å². The van der Waals surface area contributed by atoms with Crippen molar-refractivity contribution < 1.29 is 9.90 Å². The van der Waals surface area contributed by atoms with E-state index in [9.17, 15) is 4.79 Å². The van der Waals surface area contributed by atoms with Crippen LogP contribution in [0.25, 0.3) is 0 Å². The zero-order valence-corrected chi connectivity index (χ0v) is 6.42. The van der Waals surface area contributed by atoms with Gasteiger partial charge in [0.1, 0.15) is 12.7 Å². The van der Waals surface area contributed by atoms with Crippen molar-refractivity contribution in [2.45, 2.75) is 13.0 Å². The van der Waals surface area contributed by atoms with E-state index < -0.39 is 5.97 Å². The molecule has 0 amide bonds. The normalized spacial score (nSPS) is 10.7. The molecule has 0 atom stereocenters. The van der Waals surface area contributed by atoms with E-state index in [4.69, 9.17) is 5.11 Å². The molecule has 0 bridgehead atoms. The number of hydrogen-bond donors (Lipinski definition) is 1. The van der Waals surface area contributed by atoms with Crippen molar-refractivity contribution in [3.63, 3.8) is 0 Å². The van der Waals surface area contributed by atoms with E-state index >= 15 is 0 Å². The van der Waals surface area contributed by atoms with Gasteiger partial charge in [0.2, 0.25) is 0 Å². The Hall–Kier alpha value is -1.65. The van der Waals surface area contributed by atoms with Gasteiger partial charge in [-0.2, -0.15) is 5.10 Å². The van der Waals surface area contributed by atoms with Crippen LogP contribution in [0.5, 0.6) is 0 Å². The maximum absolute atomic E-state index is 10.0. The number of hydrogen-bond acceptors (Lipinski definition) is 3. The number of carboxylic acids is 1. The molecule has 1 heterocycles. The number of carboxylic acid groups (broad SMARTS) is 1. The number of rotatable bonds is 4. The number of aromatic nitrogens is 3. The first-order valence-electron chi connectivity index (χ1n) is 3.51. The Balaban J connectivity index is 2.23. The summed E-state index contributed by atoms with van der Waals surface area (Å²) in [6.45, 7) is 0.657. The summed E-state index contributed by atoms with van der Waals surface area (Å²) in [4.78, 5) is 13.8.